The molecule has 0 unspecified atom stereocenters. The zero-order chi connectivity index (χ0) is 13.6. The fourth-order valence-corrected chi connectivity index (χ4v) is 2.35. The quantitative estimate of drug-likeness (QED) is 0.678. The summed E-state index contributed by atoms with van der Waals surface area (Å²) in [5.74, 6) is 0.546. The Morgan fingerprint density at radius 2 is 1.95 bits per heavy atom. The maximum absolute atomic E-state index is 13.2. The largest absolute Gasteiger partial charge is 0.399 e. The SMILES string of the molecule is Cc1cc(N)ccc1-c1nc2cc(F)ccc2n1C. The van der Waals surface area contributed by atoms with Crippen molar-refractivity contribution in [3.05, 3.63) is 47.8 Å². The summed E-state index contributed by atoms with van der Waals surface area (Å²) in [6.07, 6.45) is 0. The Kier molecular flexibility index (Phi) is 2.52. The van der Waals surface area contributed by atoms with E-state index in [4.69, 9.17) is 5.73 Å². The third-order valence-electron chi connectivity index (χ3n) is 3.33. The molecular weight excluding hydrogens is 241 g/mol. The van der Waals surface area contributed by atoms with Crippen LogP contribution in [0.2, 0.25) is 0 Å². The van der Waals surface area contributed by atoms with E-state index in [1.165, 1.54) is 12.1 Å². The molecule has 0 fully saturated rings. The number of nitrogens with two attached hydrogens (primary N) is 1. The van der Waals surface area contributed by atoms with E-state index < -0.39 is 0 Å². The van der Waals surface area contributed by atoms with Crippen LogP contribution in [0.4, 0.5) is 10.1 Å². The summed E-state index contributed by atoms with van der Waals surface area (Å²) in [5, 5.41) is 0. The van der Waals surface area contributed by atoms with Crippen LogP contribution >= 0.6 is 0 Å². The van der Waals surface area contributed by atoms with Gasteiger partial charge in [0.2, 0.25) is 0 Å². The van der Waals surface area contributed by atoms with Crippen LogP contribution in [0.25, 0.3) is 22.4 Å². The molecule has 0 saturated carbocycles. The highest BCUT2D eigenvalue weighted by atomic mass is 19.1. The highest BCUT2D eigenvalue weighted by Gasteiger charge is 2.12. The molecule has 3 aromatic rings. The molecule has 0 aliphatic rings. The lowest BCUT2D eigenvalue weighted by molar-refractivity contribution is 0.629. The second kappa shape index (κ2) is 4.09. The van der Waals surface area contributed by atoms with E-state index in [1.807, 2.05) is 36.7 Å². The average Bonchev–Trinajstić information content (AvgIpc) is 2.66. The number of fused-ring (bicyclic) bond motifs is 1. The maximum atomic E-state index is 13.2. The van der Waals surface area contributed by atoms with Gasteiger partial charge in [0.1, 0.15) is 11.6 Å². The molecule has 0 spiro atoms. The van der Waals surface area contributed by atoms with Gasteiger partial charge < -0.3 is 10.3 Å². The van der Waals surface area contributed by atoms with Crippen LogP contribution < -0.4 is 5.73 Å². The first-order valence-corrected chi connectivity index (χ1v) is 6.05. The number of aryl methyl sites for hydroxylation is 2. The van der Waals surface area contributed by atoms with E-state index in [9.17, 15) is 4.39 Å². The van der Waals surface area contributed by atoms with Crippen LogP contribution in [0.3, 0.4) is 0 Å². The summed E-state index contributed by atoms with van der Waals surface area (Å²) in [6, 6.07) is 10.3. The fourth-order valence-electron chi connectivity index (χ4n) is 2.35. The Balaban J connectivity index is 2.27. The first-order valence-electron chi connectivity index (χ1n) is 6.05. The topological polar surface area (TPSA) is 43.8 Å². The van der Waals surface area contributed by atoms with Crippen molar-refractivity contribution in [2.75, 3.05) is 5.73 Å². The molecule has 4 heteroatoms. The Labute approximate surface area is 110 Å². The standard InChI is InChI=1S/C15H14FN3/c1-9-7-11(17)4-5-12(9)15-18-13-8-10(16)3-6-14(13)19(15)2/h3-8H,17H2,1-2H3. The minimum atomic E-state index is -0.272. The normalized spacial score (nSPS) is 11.1. The maximum Gasteiger partial charge on any atom is 0.141 e. The van der Waals surface area contributed by atoms with E-state index in [2.05, 4.69) is 4.98 Å². The summed E-state index contributed by atoms with van der Waals surface area (Å²) in [7, 11) is 1.93. The van der Waals surface area contributed by atoms with E-state index in [1.54, 1.807) is 6.07 Å². The molecule has 0 saturated heterocycles. The molecule has 3 nitrogen and oxygen atoms in total. The van der Waals surface area contributed by atoms with Gasteiger partial charge in [-0.05, 0) is 42.8 Å². The van der Waals surface area contributed by atoms with Crippen molar-refractivity contribution >= 4 is 16.7 Å². The van der Waals surface area contributed by atoms with Crippen molar-refractivity contribution in [2.24, 2.45) is 7.05 Å². The minimum Gasteiger partial charge on any atom is -0.399 e. The van der Waals surface area contributed by atoms with Gasteiger partial charge in [0.15, 0.2) is 0 Å². The molecule has 19 heavy (non-hydrogen) atoms. The molecule has 0 atom stereocenters. The molecule has 1 aromatic heterocycles. The highest BCUT2D eigenvalue weighted by molar-refractivity contribution is 5.81. The van der Waals surface area contributed by atoms with Gasteiger partial charge in [-0.2, -0.15) is 0 Å². The van der Waals surface area contributed by atoms with Crippen molar-refractivity contribution < 1.29 is 4.39 Å². The molecular formula is C15H14FN3. The molecule has 0 bridgehead atoms. The van der Waals surface area contributed by atoms with E-state index in [0.717, 1.165) is 28.2 Å². The van der Waals surface area contributed by atoms with Crippen molar-refractivity contribution in [3.63, 3.8) is 0 Å². The number of halogens is 1. The number of hydrogen-bond donors (Lipinski definition) is 1. The van der Waals surface area contributed by atoms with Crippen molar-refractivity contribution in [2.45, 2.75) is 6.92 Å². The summed E-state index contributed by atoms with van der Waals surface area (Å²) in [4.78, 5) is 4.52. The Bertz CT molecular complexity index is 774. The number of benzene rings is 2. The van der Waals surface area contributed by atoms with Gasteiger partial charge >= 0.3 is 0 Å². The van der Waals surface area contributed by atoms with Gasteiger partial charge in [0.05, 0.1) is 11.0 Å². The van der Waals surface area contributed by atoms with Crippen LogP contribution in [0.5, 0.6) is 0 Å². The van der Waals surface area contributed by atoms with Crippen molar-refractivity contribution in [1.82, 2.24) is 9.55 Å². The first kappa shape index (κ1) is 11.7. The Hall–Kier alpha value is -2.36. The van der Waals surface area contributed by atoms with Crippen LogP contribution in [-0.4, -0.2) is 9.55 Å². The Morgan fingerprint density at radius 3 is 2.68 bits per heavy atom. The number of nitrogens with zero attached hydrogens (tertiary/aromatic N) is 2. The number of imidazole rings is 1. The fraction of sp³-hybridized carbons (Fsp3) is 0.133. The Morgan fingerprint density at radius 1 is 1.16 bits per heavy atom. The summed E-state index contributed by atoms with van der Waals surface area (Å²) in [5.41, 5.74) is 10.1. The van der Waals surface area contributed by atoms with Gasteiger partial charge in [0, 0.05) is 24.4 Å². The lowest BCUT2D eigenvalue weighted by Crippen LogP contribution is -1.95. The first-order chi connectivity index (χ1) is 9.06. The number of rotatable bonds is 1. The summed E-state index contributed by atoms with van der Waals surface area (Å²) < 4.78 is 15.2. The minimum absolute atomic E-state index is 0.272. The highest BCUT2D eigenvalue weighted by Crippen LogP contribution is 2.27. The van der Waals surface area contributed by atoms with Crippen LogP contribution in [0, 0.1) is 12.7 Å². The molecule has 2 aromatic carbocycles. The number of nitrogen functional groups attached to an aromatic ring is 1. The van der Waals surface area contributed by atoms with Crippen molar-refractivity contribution in [1.29, 1.82) is 0 Å². The zero-order valence-corrected chi connectivity index (χ0v) is 10.8. The molecule has 3 rings (SSSR count). The monoisotopic (exact) mass is 255 g/mol. The molecule has 1 heterocycles. The molecule has 0 radical (unpaired) electrons. The van der Waals surface area contributed by atoms with Gasteiger partial charge in [-0.15, -0.1) is 0 Å². The molecule has 0 aliphatic heterocycles. The predicted molar refractivity (Wildman–Crippen MR) is 75.3 cm³/mol. The number of aromatic nitrogens is 2. The predicted octanol–water partition coefficient (Wildman–Crippen LogP) is 3.27. The molecule has 0 amide bonds. The van der Waals surface area contributed by atoms with Gasteiger partial charge in [-0.3, -0.25) is 0 Å². The average molecular weight is 255 g/mol. The lowest BCUT2D eigenvalue weighted by atomic mass is 10.1. The van der Waals surface area contributed by atoms with Gasteiger partial charge in [0.25, 0.3) is 0 Å². The molecule has 2 N–H and O–H groups in total. The van der Waals surface area contributed by atoms with Crippen LogP contribution in [0.1, 0.15) is 5.56 Å². The zero-order valence-electron chi connectivity index (χ0n) is 10.8. The number of anilines is 1. The smallest absolute Gasteiger partial charge is 0.141 e. The van der Waals surface area contributed by atoms with Crippen LogP contribution in [0.15, 0.2) is 36.4 Å². The van der Waals surface area contributed by atoms with E-state index in [-0.39, 0.29) is 5.82 Å². The third-order valence-corrected chi connectivity index (χ3v) is 3.33. The summed E-state index contributed by atoms with van der Waals surface area (Å²) >= 11 is 0. The van der Waals surface area contributed by atoms with E-state index in [0.29, 0.717) is 5.52 Å². The summed E-state index contributed by atoms with van der Waals surface area (Å²) in [6.45, 7) is 1.99. The second-order valence-corrected chi connectivity index (χ2v) is 4.70. The van der Waals surface area contributed by atoms with Crippen LogP contribution in [-0.2, 0) is 7.05 Å². The van der Waals surface area contributed by atoms with Gasteiger partial charge in [-0.25, -0.2) is 9.37 Å². The van der Waals surface area contributed by atoms with E-state index >= 15 is 0 Å². The lowest BCUT2D eigenvalue weighted by Gasteiger charge is -2.06. The molecule has 96 valence electrons. The third kappa shape index (κ3) is 1.85. The molecule has 0 aliphatic carbocycles. The van der Waals surface area contributed by atoms with Crippen molar-refractivity contribution in [3.8, 4) is 11.4 Å². The van der Waals surface area contributed by atoms with Gasteiger partial charge in [-0.1, -0.05) is 0 Å². The second-order valence-electron chi connectivity index (χ2n) is 4.70. The number of hydrogen-bond acceptors (Lipinski definition) is 2.